The number of Topliss-reactive ketones (excluding diaryl/α,β-unsaturated/α-hetero) is 1. The number of nitrogens with zero attached hydrogens (tertiary/aromatic N) is 1. The van der Waals surface area contributed by atoms with Crippen LogP contribution < -0.4 is 14.8 Å². The number of ketones is 1. The summed E-state index contributed by atoms with van der Waals surface area (Å²) in [6.45, 7) is 6.93. The summed E-state index contributed by atoms with van der Waals surface area (Å²) in [5.41, 5.74) is -1.62. The fraction of sp³-hybridized carbons (Fsp3) is 0.600. The largest absolute Gasteiger partial charge is 0.456 e. The molecule has 1 unspecified atom stereocenters. The minimum atomic E-state index is -3.95. The van der Waals surface area contributed by atoms with E-state index in [2.05, 4.69) is 17.0 Å². The van der Waals surface area contributed by atoms with Crippen molar-refractivity contribution in [3.05, 3.63) is 58.6 Å². The van der Waals surface area contributed by atoms with Gasteiger partial charge in [-0.3, -0.25) is 24.4 Å². The maximum absolute atomic E-state index is 13.4. The number of amides is 1. The first-order valence-electron chi connectivity index (χ1n) is 16.8. The molecule has 1 atom stereocenters. The number of hydrogen-bond acceptors (Lipinski definition) is 7. The van der Waals surface area contributed by atoms with Crippen LogP contribution in [0.5, 0.6) is 5.75 Å². The zero-order valence-corrected chi connectivity index (χ0v) is 29.9. The predicted octanol–water partition coefficient (Wildman–Crippen LogP) is 9.39. The molecule has 2 aromatic carbocycles. The van der Waals surface area contributed by atoms with Gasteiger partial charge in [-0.25, -0.2) is 8.42 Å². The Morgan fingerprint density at radius 3 is 1.83 bits per heavy atom. The number of para-hydroxylation sites is 1. The van der Waals surface area contributed by atoms with Crippen molar-refractivity contribution >= 4 is 50.4 Å². The van der Waals surface area contributed by atoms with Gasteiger partial charge in [-0.1, -0.05) is 141 Å². The molecule has 0 radical (unpaired) electrons. The molecule has 0 bridgehead atoms. The van der Waals surface area contributed by atoms with Gasteiger partial charge in [0.1, 0.15) is 11.4 Å². The Morgan fingerprint density at radius 1 is 0.830 bits per heavy atom. The number of anilines is 2. The third kappa shape index (κ3) is 14.2. The van der Waals surface area contributed by atoms with E-state index < -0.39 is 42.8 Å². The maximum Gasteiger partial charge on any atom is 0.320 e. The fourth-order valence-electron chi connectivity index (χ4n) is 5.10. The Kier molecular flexibility index (Phi) is 16.7. The molecule has 2 rings (SSSR count). The number of ether oxygens (including phenoxy) is 1. The number of nitro benzene ring substituents is 1. The lowest BCUT2D eigenvalue weighted by Crippen LogP contribution is -2.54. The third-order valence-electron chi connectivity index (χ3n) is 7.75. The first-order valence-corrected chi connectivity index (χ1v) is 18.8. The van der Waals surface area contributed by atoms with E-state index in [1.807, 2.05) is 0 Å². The number of unbranched alkanes of at least 4 members (excludes halogenated alkanes) is 13. The second kappa shape index (κ2) is 19.6. The molecular formula is C35H52ClN3O7S. The van der Waals surface area contributed by atoms with Crippen LogP contribution in [0.4, 0.5) is 17.1 Å². The average Bonchev–Trinajstić information content (AvgIpc) is 3.00. The predicted molar refractivity (Wildman–Crippen MR) is 190 cm³/mol. The molecule has 0 saturated carbocycles. The monoisotopic (exact) mass is 693 g/mol. The van der Waals surface area contributed by atoms with E-state index >= 15 is 0 Å². The van der Waals surface area contributed by atoms with Gasteiger partial charge in [-0.05, 0) is 24.6 Å². The summed E-state index contributed by atoms with van der Waals surface area (Å²) < 4.78 is 33.9. The molecule has 2 N–H and O–H groups in total. The van der Waals surface area contributed by atoms with Crippen LogP contribution >= 0.6 is 11.6 Å². The molecule has 0 aromatic heterocycles. The highest BCUT2D eigenvalue weighted by Gasteiger charge is 2.51. The summed E-state index contributed by atoms with van der Waals surface area (Å²) in [4.78, 5) is 37.7. The zero-order chi connectivity index (χ0) is 34.9. The first kappa shape index (κ1) is 40.0. The average molecular weight is 694 g/mol. The first-order chi connectivity index (χ1) is 22.2. The highest BCUT2D eigenvalue weighted by atomic mass is 35.5. The number of nitro groups is 1. The lowest BCUT2D eigenvalue weighted by atomic mass is 9.86. The summed E-state index contributed by atoms with van der Waals surface area (Å²) in [6.07, 6.45) is 15.8. The molecule has 0 fully saturated rings. The molecule has 262 valence electrons. The number of alkyl halides is 1. The molecular weight excluding hydrogens is 642 g/mol. The van der Waals surface area contributed by atoms with Gasteiger partial charge in [-0.2, -0.15) is 0 Å². The molecule has 0 saturated heterocycles. The summed E-state index contributed by atoms with van der Waals surface area (Å²) in [6, 6.07) is 11.6. The van der Waals surface area contributed by atoms with Gasteiger partial charge in [0.15, 0.2) is 0 Å². The SMILES string of the molecule is CCCCCCCCCCCCCCCCS(=O)(=O)Nc1cc(OC(Cl)(C(=O)Nc2ccccc2)C(=O)C(C)(C)C)ccc1[N+](=O)[O-]. The number of halogens is 1. The second-order valence-corrected chi connectivity index (χ2v) is 15.4. The number of sulfonamides is 1. The maximum atomic E-state index is 13.4. The molecule has 12 heteroatoms. The van der Waals surface area contributed by atoms with Crippen molar-refractivity contribution in [2.24, 2.45) is 5.41 Å². The van der Waals surface area contributed by atoms with Gasteiger partial charge in [-0.15, -0.1) is 0 Å². The van der Waals surface area contributed by atoms with Crippen molar-refractivity contribution in [1.29, 1.82) is 0 Å². The van der Waals surface area contributed by atoms with Gasteiger partial charge >= 0.3 is 5.06 Å². The number of rotatable bonds is 23. The minimum Gasteiger partial charge on any atom is -0.456 e. The Bertz CT molecular complexity index is 1400. The summed E-state index contributed by atoms with van der Waals surface area (Å²) in [5, 5.41) is 11.7. The van der Waals surface area contributed by atoms with E-state index in [4.69, 9.17) is 16.3 Å². The number of benzene rings is 2. The molecule has 47 heavy (non-hydrogen) atoms. The van der Waals surface area contributed by atoms with E-state index in [9.17, 15) is 28.1 Å². The highest BCUT2D eigenvalue weighted by molar-refractivity contribution is 7.92. The molecule has 0 aliphatic rings. The van der Waals surface area contributed by atoms with E-state index in [0.29, 0.717) is 12.1 Å². The summed E-state index contributed by atoms with van der Waals surface area (Å²) in [5.74, 6) is -2.16. The smallest absolute Gasteiger partial charge is 0.320 e. The number of carbonyl (C=O) groups is 2. The normalized spacial score (nSPS) is 13.0. The van der Waals surface area contributed by atoms with Crippen molar-refractivity contribution in [3.63, 3.8) is 0 Å². The molecule has 0 aliphatic carbocycles. The topological polar surface area (TPSA) is 145 Å². The van der Waals surface area contributed by atoms with Crippen molar-refractivity contribution in [3.8, 4) is 5.75 Å². The Balaban J connectivity index is 1.99. The Labute approximate surface area is 285 Å². The minimum absolute atomic E-state index is 0.208. The van der Waals surface area contributed by atoms with E-state index in [1.54, 1.807) is 51.1 Å². The third-order valence-corrected chi connectivity index (χ3v) is 9.53. The highest BCUT2D eigenvalue weighted by Crippen LogP contribution is 2.36. The lowest BCUT2D eigenvalue weighted by molar-refractivity contribution is -0.383. The van der Waals surface area contributed by atoms with Gasteiger partial charge in [0, 0.05) is 23.2 Å². The van der Waals surface area contributed by atoms with Gasteiger partial charge in [0.2, 0.25) is 15.8 Å². The van der Waals surface area contributed by atoms with E-state index in [-0.39, 0.29) is 17.2 Å². The summed E-state index contributed by atoms with van der Waals surface area (Å²) in [7, 11) is -3.95. The van der Waals surface area contributed by atoms with Crippen molar-refractivity contribution in [2.45, 2.75) is 123 Å². The van der Waals surface area contributed by atoms with E-state index in [1.165, 1.54) is 57.8 Å². The second-order valence-electron chi connectivity index (χ2n) is 13.0. The quantitative estimate of drug-likeness (QED) is 0.0388. The molecule has 0 aliphatic heterocycles. The van der Waals surface area contributed by atoms with Gasteiger partial charge < -0.3 is 10.1 Å². The zero-order valence-electron chi connectivity index (χ0n) is 28.3. The number of hydrogen-bond donors (Lipinski definition) is 2. The van der Waals surface area contributed by atoms with Crippen LogP contribution in [0.25, 0.3) is 0 Å². The lowest BCUT2D eigenvalue weighted by Gasteiger charge is -2.31. The van der Waals surface area contributed by atoms with Crippen LogP contribution in [0.2, 0.25) is 0 Å². The van der Waals surface area contributed by atoms with Crippen LogP contribution in [0, 0.1) is 15.5 Å². The van der Waals surface area contributed by atoms with Crippen LogP contribution in [0.1, 0.15) is 118 Å². The molecule has 0 spiro atoms. The van der Waals surface area contributed by atoms with Crippen LogP contribution in [0.15, 0.2) is 48.5 Å². The standard InChI is InChI=1S/C35H52ClN3O7S/c1-5-6-7-8-9-10-11-12-13-14-15-16-17-21-26-47(44,45)38-30-27-29(24-25-31(30)39(42)43)46-35(36,32(40)34(2,3)4)33(41)37-28-22-19-18-20-23-28/h18-20,22-25,27,38H,5-17,21,26H2,1-4H3,(H,37,41). The fourth-order valence-corrected chi connectivity index (χ4v) is 6.70. The molecule has 10 nitrogen and oxygen atoms in total. The van der Waals surface area contributed by atoms with Crippen molar-refractivity contribution in [1.82, 2.24) is 0 Å². The van der Waals surface area contributed by atoms with E-state index in [0.717, 1.165) is 43.9 Å². The number of nitrogens with one attached hydrogen (secondary N) is 2. The molecule has 0 heterocycles. The van der Waals surface area contributed by atoms with Crippen LogP contribution in [0.3, 0.4) is 0 Å². The van der Waals surface area contributed by atoms with Crippen LogP contribution in [-0.4, -0.2) is 35.8 Å². The summed E-state index contributed by atoms with van der Waals surface area (Å²) >= 11 is 6.61. The Morgan fingerprint density at radius 2 is 1.34 bits per heavy atom. The molecule has 2 aromatic rings. The van der Waals surface area contributed by atoms with Crippen LogP contribution in [-0.2, 0) is 19.6 Å². The van der Waals surface area contributed by atoms with Gasteiger partial charge in [0.05, 0.1) is 10.7 Å². The number of carbonyl (C=O) groups excluding carboxylic acids is 2. The van der Waals surface area contributed by atoms with Crippen molar-refractivity contribution in [2.75, 3.05) is 15.8 Å². The van der Waals surface area contributed by atoms with Crippen molar-refractivity contribution < 1.29 is 27.7 Å². The molecule has 1 amide bonds. The van der Waals surface area contributed by atoms with Gasteiger partial charge in [0.25, 0.3) is 11.6 Å². The Hall–Kier alpha value is -3.18.